The first-order valence-corrected chi connectivity index (χ1v) is 10.00. The average molecular weight is 320 g/mol. The number of rotatable bonds is 4. The SMILES string of the molecule is CCC1CC(CC)C2C3CC(CC3C(O)C3CCCOC3=O)C12. The van der Waals surface area contributed by atoms with Crippen molar-refractivity contribution in [2.24, 2.45) is 47.3 Å². The van der Waals surface area contributed by atoms with Gasteiger partial charge < -0.3 is 9.84 Å². The van der Waals surface area contributed by atoms with Gasteiger partial charge in [0.15, 0.2) is 0 Å². The topological polar surface area (TPSA) is 46.5 Å². The first-order chi connectivity index (χ1) is 11.2. The second kappa shape index (κ2) is 6.06. The summed E-state index contributed by atoms with van der Waals surface area (Å²) in [7, 11) is 0. The van der Waals surface area contributed by atoms with Crippen LogP contribution in [0.2, 0.25) is 0 Å². The van der Waals surface area contributed by atoms with Crippen LogP contribution < -0.4 is 0 Å². The van der Waals surface area contributed by atoms with Crippen molar-refractivity contribution < 1.29 is 14.6 Å². The lowest BCUT2D eigenvalue weighted by Crippen LogP contribution is -2.43. The summed E-state index contributed by atoms with van der Waals surface area (Å²) < 4.78 is 5.22. The van der Waals surface area contributed by atoms with Gasteiger partial charge in [-0.1, -0.05) is 26.7 Å². The molecule has 130 valence electrons. The summed E-state index contributed by atoms with van der Waals surface area (Å²) >= 11 is 0. The van der Waals surface area contributed by atoms with Crippen molar-refractivity contribution in [3.05, 3.63) is 0 Å². The highest BCUT2D eigenvalue weighted by molar-refractivity contribution is 5.73. The van der Waals surface area contributed by atoms with E-state index in [-0.39, 0.29) is 11.9 Å². The van der Waals surface area contributed by atoms with Crippen molar-refractivity contribution in [3.63, 3.8) is 0 Å². The molecule has 0 aromatic carbocycles. The summed E-state index contributed by atoms with van der Waals surface area (Å²) in [5.74, 6) is 4.93. The Balaban J connectivity index is 1.52. The van der Waals surface area contributed by atoms with Gasteiger partial charge in [-0.25, -0.2) is 0 Å². The Hall–Kier alpha value is -0.570. The number of hydrogen-bond acceptors (Lipinski definition) is 3. The lowest BCUT2D eigenvalue weighted by atomic mass is 9.67. The molecule has 0 spiro atoms. The second-order valence-corrected chi connectivity index (χ2v) is 8.69. The Bertz CT molecular complexity index is 462. The Morgan fingerprint density at radius 2 is 1.87 bits per heavy atom. The highest BCUT2D eigenvalue weighted by atomic mass is 16.5. The monoisotopic (exact) mass is 320 g/mol. The second-order valence-electron chi connectivity index (χ2n) is 8.69. The van der Waals surface area contributed by atoms with Gasteiger partial charge in [-0.05, 0) is 73.5 Å². The van der Waals surface area contributed by atoms with E-state index in [2.05, 4.69) is 13.8 Å². The van der Waals surface area contributed by atoms with Crippen LogP contribution >= 0.6 is 0 Å². The van der Waals surface area contributed by atoms with Gasteiger partial charge in [0.05, 0.1) is 18.6 Å². The van der Waals surface area contributed by atoms with E-state index in [9.17, 15) is 9.90 Å². The maximum atomic E-state index is 12.1. The van der Waals surface area contributed by atoms with Crippen molar-refractivity contribution in [1.29, 1.82) is 0 Å². The first kappa shape index (κ1) is 15.9. The Labute approximate surface area is 140 Å². The number of fused-ring (bicyclic) bond motifs is 5. The molecule has 0 amide bonds. The number of aliphatic hydroxyl groups is 1. The molecule has 4 aliphatic rings. The zero-order valence-corrected chi connectivity index (χ0v) is 14.6. The number of carbonyl (C=O) groups excluding carboxylic acids is 1. The number of esters is 1. The van der Waals surface area contributed by atoms with Crippen LogP contribution in [-0.2, 0) is 9.53 Å². The van der Waals surface area contributed by atoms with Gasteiger partial charge in [-0.2, -0.15) is 0 Å². The molecule has 1 N–H and O–H groups in total. The third-order valence-electron chi connectivity index (χ3n) is 7.98. The quantitative estimate of drug-likeness (QED) is 0.804. The Morgan fingerprint density at radius 3 is 2.57 bits per heavy atom. The van der Waals surface area contributed by atoms with E-state index >= 15 is 0 Å². The highest BCUT2D eigenvalue weighted by Crippen LogP contribution is 2.66. The normalized spacial score (nSPS) is 50.0. The summed E-state index contributed by atoms with van der Waals surface area (Å²) in [5.41, 5.74) is 0. The molecule has 1 heterocycles. The number of ether oxygens (including phenoxy) is 1. The lowest BCUT2D eigenvalue weighted by Gasteiger charge is -2.40. The van der Waals surface area contributed by atoms with Crippen molar-refractivity contribution in [2.75, 3.05) is 6.61 Å². The van der Waals surface area contributed by atoms with E-state index in [0.29, 0.717) is 18.4 Å². The minimum Gasteiger partial charge on any atom is -0.465 e. The van der Waals surface area contributed by atoms with Crippen molar-refractivity contribution in [1.82, 2.24) is 0 Å². The molecule has 1 aliphatic heterocycles. The molecule has 2 bridgehead atoms. The van der Waals surface area contributed by atoms with Crippen LogP contribution in [0.25, 0.3) is 0 Å². The molecule has 0 aromatic rings. The van der Waals surface area contributed by atoms with Crippen LogP contribution in [0.3, 0.4) is 0 Å². The van der Waals surface area contributed by atoms with Crippen LogP contribution in [0.5, 0.6) is 0 Å². The van der Waals surface area contributed by atoms with Gasteiger partial charge in [-0.15, -0.1) is 0 Å². The summed E-state index contributed by atoms with van der Waals surface area (Å²) in [6.45, 7) is 5.24. The van der Waals surface area contributed by atoms with Crippen LogP contribution in [0.15, 0.2) is 0 Å². The van der Waals surface area contributed by atoms with Crippen molar-refractivity contribution >= 4 is 5.97 Å². The number of aliphatic hydroxyl groups excluding tert-OH is 1. The van der Waals surface area contributed by atoms with Gasteiger partial charge in [0, 0.05) is 0 Å². The number of cyclic esters (lactones) is 1. The summed E-state index contributed by atoms with van der Waals surface area (Å²) in [4.78, 5) is 12.1. The maximum Gasteiger partial charge on any atom is 0.311 e. The zero-order valence-electron chi connectivity index (χ0n) is 14.6. The third-order valence-corrected chi connectivity index (χ3v) is 7.98. The van der Waals surface area contributed by atoms with E-state index < -0.39 is 6.10 Å². The fourth-order valence-corrected chi connectivity index (χ4v) is 7.15. The summed E-state index contributed by atoms with van der Waals surface area (Å²) in [6.07, 6.45) is 7.75. The van der Waals surface area contributed by atoms with Gasteiger partial charge in [0.1, 0.15) is 0 Å². The third kappa shape index (κ3) is 2.37. The highest BCUT2D eigenvalue weighted by Gasteiger charge is 2.61. The minimum atomic E-state index is -0.461. The standard InChI is InChI=1S/C20H32O3/c1-3-11-8-12(4-2)18-15-9-13(17(11)18)10-16(15)19(21)14-6-5-7-23-20(14)22/h11-19,21H,3-10H2,1-2H3. The zero-order chi connectivity index (χ0) is 16.1. The number of carbonyl (C=O) groups is 1. The predicted octanol–water partition coefficient (Wildman–Crippen LogP) is 3.65. The molecule has 0 radical (unpaired) electrons. The van der Waals surface area contributed by atoms with E-state index in [1.807, 2.05) is 0 Å². The smallest absolute Gasteiger partial charge is 0.311 e. The van der Waals surface area contributed by atoms with Gasteiger partial charge >= 0.3 is 5.97 Å². The minimum absolute atomic E-state index is 0.145. The van der Waals surface area contributed by atoms with Crippen molar-refractivity contribution in [3.8, 4) is 0 Å². The van der Waals surface area contributed by atoms with Crippen LogP contribution in [0.1, 0.15) is 58.8 Å². The molecule has 23 heavy (non-hydrogen) atoms. The van der Waals surface area contributed by atoms with Crippen LogP contribution in [0.4, 0.5) is 0 Å². The Morgan fingerprint density at radius 1 is 1.13 bits per heavy atom. The molecule has 1 saturated heterocycles. The van der Waals surface area contributed by atoms with Gasteiger partial charge in [0.25, 0.3) is 0 Å². The molecule has 0 aromatic heterocycles. The summed E-state index contributed by atoms with van der Waals surface area (Å²) in [6, 6.07) is 0. The molecule has 3 nitrogen and oxygen atoms in total. The van der Waals surface area contributed by atoms with Crippen LogP contribution in [0, 0.1) is 47.3 Å². The van der Waals surface area contributed by atoms with E-state index in [1.54, 1.807) is 0 Å². The molecule has 9 unspecified atom stereocenters. The fraction of sp³-hybridized carbons (Fsp3) is 0.950. The Kier molecular flexibility index (Phi) is 4.19. The largest absolute Gasteiger partial charge is 0.465 e. The molecule has 3 heteroatoms. The van der Waals surface area contributed by atoms with E-state index in [4.69, 9.17) is 4.74 Å². The van der Waals surface area contributed by atoms with E-state index in [0.717, 1.165) is 48.9 Å². The average Bonchev–Trinajstić information content (AvgIpc) is 3.24. The fourth-order valence-electron chi connectivity index (χ4n) is 7.15. The predicted molar refractivity (Wildman–Crippen MR) is 88.6 cm³/mol. The van der Waals surface area contributed by atoms with Gasteiger partial charge in [-0.3, -0.25) is 4.79 Å². The maximum absolute atomic E-state index is 12.1. The van der Waals surface area contributed by atoms with Gasteiger partial charge in [0.2, 0.25) is 0 Å². The first-order valence-electron chi connectivity index (χ1n) is 10.00. The number of hydrogen-bond donors (Lipinski definition) is 1. The van der Waals surface area contributed by atoms with E-state index in [1.165, 1.54) is 25.7 Å². The molecular formula is C20H32O3. The molecule has 4 fully saturated rings. The molecular weight excluding hydrogens is 288 g/mol. The molecule has 3 saturated carbocycles. The molecule has 9 atom stereocenters. The summed E-state index contributed by atoms with van der Waals surface area (Å²) in [5, 5.41) is 11.0. The lowest BCUT2D eigenvalue weighted by molar-refractivity contribution is -0.160. The van der Waals surface area contributed by atoms with Crippen LogP contribution in [-0.4, -0.2) is 23.8 Å². The molecule has 3 aliphatic carbocycles. The molecule has 4 rings (SSSR count). The van der Waals surface area contributed by atoms with Crippen molar-refractivity contribution in [2.45, 2.75) is 64.9 Å².